The van der Waals surface area contributed by atoms with Crippen molar-refractivity contribution in [2.75, 3.05) is 11.9 Å². The van der Waals surface area contributed by atoms with Crippen LogP contribution in [-0.4, -0.2) is 30.0 Å². The number of anilines is 1. The molecule has 1 heterocycles. The molecular weight excluding hydrogens is 299 g/mol. The summed E-state index contributed by atoms with van der Waals surface area (Å²) in [6.07, 6.45) is 9.83. The van der Waals surface area contributed by atoms with Gasteiger partial charge in [0.05, 0.1) is 12.3 Å². The van der Waals surface area contributed by atoms with Crippen LogP contribution in [0.2, 0.25) is 0 Å². The number of nitrogens with one attached hydrogen (secondary N) is 1. The molecule has 2 radical (unpaired) electrons. The number of amides is 1. The summed E-state index contributed by atoms with van der Waals surface area (Å²) in [7, 11) is 6.12. The predicted octanol–water partition coefficient (Wildman–Crippen LogP) is 2.73. The van der Waals surface area contributed by atoms with E-state index in [2.05, 4.69) is 5.32 Å². The fourth-order valence-corrected chi connectivity index (χ4v) is 3.80. The molecule has 1 amide bonds. The van der Waals surface area contributed by atoms with Crippen molar-refractivity contribution in [3.8, 4) is 0 Å². The van der Waals surface area contributed by atoms with E-state index in [9.17, 15) is 9.90 Å². The number of nitrogens with zero attached hydrogens (tertiary/aromatic N) is 1. The molecule has 0 saturated heterocycles. The Bertz CT molecular complexity index is 703. The second-order valence-corrected chi connectivity index (χ2v) is 6.81. The molecule has 2 N–H and O–H groups in total. The maximum atomic E-state index is 12.5. The average molecular weight is 324 g/mol. The van der Waals surface area contributed by atoms with Crippen molar-refractivity contribution >= 4 is 35.8 Å². The van der Waals surface area contributed by atoms with Crippen molar-refractivity contribution in [1.82, 2.24) is 4.57 Å². The minimum Gasteiger partial charge on any atom is -0.395 e. The molecule has 1 aliphatic carbocycles. The fourth-order valence-electron chi connectivity index (χ4n) is 3.80. The summed E-state index contributed by atoms with van der Waals surface area (Å²) in [5.74, 6) is 0.559. The van der Waals surface area contributed by atoms with Crippen molar-refractivity contribution in [3.63, 3.8) is 0 Å². The lowest BCUT2D eigenvalue weighted by Gasteiger charge is -2.13. The zero-order valence-corrected chi connectivity index (χ0v) is 14.1. The smallest absolute Gasteiger partial charge is 0.224 e. The van der Waals surface area contributed by atoms with Crippen LogP contribution in [0.15, 0.2) is 24.4 Å². The van der Waals surface area contributed by atoms with Crippen LogP contribution in [0, 0.1) is 5.92 Å². The molecule has 0 unspecified atom stereocenters. The highest BCUT2D eigenvalue weighted by Crippen LogP contribution is 2.28. The van der Waals surface area contributed by atoms with Crippen LogP contribution >= 0.6 is 0 Å². The first-order chi connectivity index (χ1) is 11.7. The lowest BCUT2D eigenvalue weighted by Crippen LogP contribution is -2.17. The Kier molecular flexibility index (Phi) is 5.61. The first-order valence-electron chi connectivity index (χ1n) is 8.97. The number of fused-ring (bicyclic) bond motifs is 1. The van der Waals surface area contributed by atoms with Gasteiger partial charge in [0, 0.05) is 30.1 Å². The molecule has 3 rings (SSSR count). The van der Waals surface area contributed by atoms with Crippen molar-refractivity contribution in [2.24, 2.45) is 5.92 Å². The number of hydrogen-bond acceptors (Lipinski definition) is 2. The number of carbonyl (C=O) groups excluding carboxylic acids is 1. The lowest BCUT2D eigenvalue weighted by atomic mass is 9.92. The van der Waals surface area contributed by atoms with Gasteiger partial charge in [0.2, 0.25) is 5.91 Å². The highest BCUT2D eigenvalue weighted by molar-refractivity contribution is 6.40. The van der Waals surface area contributed by atoms with Crippen LogP contribution in [0.25, 0.3) is 10.9 Å². The van der Waals surface area contributed by atoms with E-state index in [4.69, 9.17) is 7.85 Å². The standard InChI is InChI=1S/C19H25BN2O2/c20-15-8-5-9-17-19(15)16(13-22(17)10-11-23)21-18(24)12-14-6-3-1-2-4-7-14/h5,8-9,13-14,23H,1-4,6-7,10-12H2,(H,21,24). The van der Waals surface area contributed by atoms with E-state index < -0.39 is 0 Å². The van der Waals surface area contributed by atoms with E-state index in [1.54, 1.807) is 0 Å². The summed E-state index contributed by atoms with van der Waals surface area (Å²) in [6, 6.07) is 5.69. The number of aliphatic hydroxyl groups is 1. The molecule has 0 atom stereocenters. The molecule has 1 aromatic carbocycles. The van der Waals surface area contributed by atoms with Crippen LogP contribution in [0.3, 0.4) is 0 Å². The van der Waals surface area contributed by atoms with E-state index in [1.165, 1.54) is 25.7 Å². The SMILES string of the molecule is [B]c1cccc2c1c(NC(=O)CC1CCCCCC1)cn2CCO. The van der Waals surface area contributed by atoms with E-state index in [0.717, 1.165) is 29.4 Å². The van der Waals surface area contributed by atoms with Gasteiger partial charge in [-0.25, -0.2) is 0 Å². The predicted molar refractivity (Wildman–Crippen MR) is 98.9 cm³/mol. The maximum absolute atomic E-state index is 12.5. The minimum absolute atomic E-state index is 0.0496. The second-order valence-electron chi connectivity index (χ2n) is 6.81. The number of carbonyl (C=O) groups is 1. The minimum atomic E-state index is 0.0496. The Morgan fingerprint density at radius 1 is 1.25 bits per heavy atom. The van der Waals surface area contributed by atoms with Crippen molar-refractivity contribution in [2.45, 2.75) is 51.5 Å². The molecule has 1 aliphatic rings. The van der Waals surface area contributed by atoms with Gasteiger partial charge in [-0.1, -0.05) is 43.3 Å². The first-order valence-corrected chi connectivity index (χ1v) is 8.97. The van der Waals surface area contributed by atoms with Crippen molar-refractivity contribution in [1.29, 1.82) is 0 Å². The third-order valence-electron chi connectivity index (χ3n) is 5.00. The van der Waals surface area contributed by atoms with Gasteiger partial charge in [-0.15, -0.1) is 0 Å². The Labute approximate surface area is 144 Å². The van der Waals surface area contributed by atoms with E-state index in [-0.39, 0.29) is 12.5 Å². The molecule has 1 aromatic heterocycles. The van der Waals surface area contributed by atoms with Gasteiger partial charge in [-0.05, 0) is 24.8 Å². The number of aromatic nitrogens is 1. The molecule has 4 nitrogen and oxygen atoms in total. The third kappa shape index (κ3) is 3.83. The Morgan fingerprint density at radius 3 is 2.71 bits per heavy atom. The summed E-state index contributed by atoms with van der Waals surface area (Å²) < 4.78 is 1.94. The zero-order valence-electron chi connectivity index (χ0n) is 14.1. The Morgan fingerprint density at radius 2 is 2.00 bits per heavy atom. The molecule has 1 saturated carbocycles. The summed E-state index contributed by atoms with van der Waals surface area (Å²) in [4.78, 5) is 12.5. The highest BCUT2D eigenvalue weighted by atomic mass is 16.3. The summed E-state index contributed by atoms with van der Waals surface area (Å²) >= 11 is 0. The molecule has 0 bridgehead atoms. The molecule has 126 valence electrons. The van der Waals surface area contributed by atoms with Crippen LogP contribution in [-0.2, 0) is 11.3 Å². The number of aliphatic hydroxyl groups excluding tert-OH is 1. The van der Waals surface area contributed by atoms with Crippen molar-refractivity contribution in [3.05, 3.63) is 24.4 Å². The van der Waals surface area contributed by atoms with Gasteiger partial charge in [-0.2, -0.15) is 0 Å². The summed E-state index contributed by atoms with van der Waals surface area (Å²) in [6.45, 7) is 0.534. The third-order valence-corrected chi connectivity index (χ3v) is 5.00. The van der Waals surface area contributed by atoms with Gasteiger partial charge in [-0.3, -0.25) is 4.79 Å². The molecule has 5 heteroatoms. The molecule has 2 aromatic rings. The topological polar surface area (TPSA) is 54.3 Å². The summed E-state index contributed by atoms with van der Waals surface area (Å²) in [5, 5.41) is 13.2. The zero-order chi connectivity index (χ0) is 16.9. The van der Waals surface area contributed by atoms with E-state index >= 15 is 0 Å². The molecule has 1 fully saturated rings. The molecule has 0 spiro atoms. The fraction of sp³-hybridized carbons (Fsp3) is 0.526. The average Bonchev–Trinajstić information content (AvgIpc) is 2.72. The first kappa shape index (κ1) is 17.1. The van der Waals surface area contributed by atoms with Gasteiger partial charge >= 0.3 is 0 Å². The highest BCUT2D eigenvalue weighted by Gasteiger charge is 2.18. The van der Waals surface area contributed by atoms with Gasteiger partial charge in [0.15, 0.2) is 0 Å². The van der Waals surface area contributed by atoms with Crippen LogP contribution in [0.4, 0.5) is 5.69 Å². The van der Waals surface area contributed by atoms with Crippen LogP contribution in [0.5, 0.6) is 0 Å². The normalized spacial score (nSPS) is 16.2. The van der Waals surface area contributed by atoms with E-state index in [0.29, 0.717) is 24.3 Å². The quantitative estimate of drug-likeness (QED) is 0.656. The largest absolute Gasteiger partial charge is 0.395 e. The van der Waals surface area contributed by atoms with E-state index in [1.807, 2.05) is 29.0 Å². The maximum Gasteiger partial charge on any atom is 0.224 e. The molecular formula is C19H25BN2O2. The molecule has 0 aliphatic heterocycles. The number of hydrogen-bond donors (Lipinski definition) is 2. The van der Waals surface area contributed by atoms with Crippen LogP contribution < -0.4 is 10.8 Å². The van der Waals surface area contributed by atoms with Crippen molar-refractivity contribution < 1.29 is 9.90 Å². The molecule has 24 heavy (non-hydrogen) atoms. The van der Waals surface area contributed by atoms with Crippen LogP contribution in [0.1, 0.15) is 44.9 Å². The lowest BCUT2D eigenvalue weighted by molar-refractivity contribution is -0.117. The Balaban J connectivity index is 1.77. The van der Waals surface area contributed by atoms with Gasteiger partial charge < -0.3 is 15.0 Å². The number of benzene rings is 1. The Hall–Kier alpha value is -1.75. The second kappa shape index (κ2) is 7.89. The number of rotatable bonds is 5. The summed E-state index contributed by atoms with van der Waals surface area (Å²) in [5.41, 5.74) is 2.33. The monoisotopic (exact) mass is 324 g/mol. The van der Waals surface area contributed by atoms with Gasteiger partial charge in [0.25, 0.3) is 0 Å². The van der Waals surface area contributed by atoms with Gasteiger partial charge in [0.1, 0.15) is 7.85 Å².